The van der Waals surface area contributed by atoms with Crippen LogP contribution in [0.5, 0.6) is 0 Å². The monoisotopic (exact) mass is 279 g/mol. The average Bonchev–Trinajstić information content (AvgIpc) is 2.61. The summed E-state index contributed by atoms with van der Waals surface area (Å²) in [6.07, 6.45) is 1.85. The van der Waals surface area contributed by atoms with Gasteiger partial charge in [0.2, 0.25) is 0 Å². The summed E-state index contributed by atoms with van der Waals surface area (Å²) in [5, 5.41) is 21.5. The van der Waals surface area contributed by atoms with E-state index in [1.807, 2.05) is 6.92 Å². The lowest BCUT2D eigenvalue weighted by atomic mass is 9.67. The largest absolute Gasteiger partial charge is 0.385 e. The molecule has 1 fully saturated rings. The van der Waals surface area contributed by atoms with Gasteiger partial charge in [0.05, 0.1) is 12.8 Å². The number of aliphatic hydroxyl groups excluding tert-OH is 2. The molecule has 1 amide bonds. The minimum Gasteiger partial charge on any atom is -0.385 e. The first-order valence-corrected chi connectivity index (χ1v) is 6.29. The van der Waals surface area contributed by atoms with Crippen molar-refractivity contribution < 1.29 is 24.6 Å². The molecule has 1 unspecified atom stereocenters. The predicted molar refractivity (Wildman–Crippen MR) is 70.0 cm³/mol. The van der Waals surface area contributed by atoms with E-state index in [0.717, 1.165) is 5.06 Å². The van der Waals surface area contributed by atoms with E-state index in [2.05, 4.69) is 6.58 Å². The Hall–Kier alpha value is -1.76. The minimum atomic E-state index is -1.77. The highest BCUT2D eigenvalue weighted by Crippen LogP contribution is 2.49. The van der Waals surface area contributed by atoms with Crippen LogP contribution >= 0.6 is 0 Å². The van der Waals surface area contributed by atoms with Crippen LogP contribution in [0.3, 0.4) is 0 Å². The Morgan fingerprint density at radius 1 is 1.40 bits per heavy atom. The van der Waals surface area contributed by atoms with Gasteiger partial charge in [-0.15, -0.1) is 0 Å². The van der Waals surface area contributed by atoms with Crippen molar-refractivity contribution in [2.45, 2.75) is 25.6 Å². The van der Waals surface area contributed by atoms with Crippen LogP contribution in [0.15, 0.2) is 36.1 Å². The molecule has 0 aromatic carbocycles. The summed E-state index contributed by atoms with van der Waals surface area (Å²) in [5.74, 6) is -1.32. The maximum absolute atomic E-state index is 12.6. The highest BCUT2D eigenvalue weighted by Gasteiger charge is 2.64. The Labute approximate surface area is 116 Å². The van der Waals surface area contributed by atoms with Crippen LogP contribution in [0.25, 0.3) is 0 Å². The first-order valence-electron chi connectivity index (χ1n) is 6.29. The molecule has 3 atom stereocenters. The highest BCUT2D eigenvalue weighted by molar-refractivity contribution is 6.05. The number of nitrogens with zero attached hydrogens (tertiary/aromatic N) is 1. The summed E-state index contributed by atoms with van der Waals surface area (Å²) in [6, 6.07) is 0. The fourth-order valence-corrected chi connectivity index (χ4v) is 2.78. The standard InChI is InChI=1S/C14H17NO5/c1-4-5-9-6-7-10(16)12(18)14(9)11(17)8(2)15(20-3)13(14)19/h5-7,11-12,17-18H,2,4H2,1,3H3/b9-5+/t11?,12-,14+/m1/s1. The SMILES string of the molecule is C=C1C(O)[C@@]2(C(=O)N1OC)/C(=C/CC)C=CC(=O)[C@H]2O. The van der Waals surface area contributed by atoms with E-state index in [1.165, 1.54) is 19.3 Å². The lowest BCUT2D eigenvalue weighted by Gasteiger charge is -2.36. The molecule has 20 heavy (non-hydrogen) atoms. The lowest BCUT2D eigenvalue weighted by molar-refractivity contribution is -0.171. The third kappa shape index (κ3) is 1.62. The fraction of sp³-hybridized carbons (Fsp3) is 0.429. The molecule has 0 radical (unpaired) electrons. The number of amides is 1. The first-order chi connectivity index (χ1) is 9.42. The molecule has 0 aromatic heterocycles. The Morgan fingerprint density at radius 3 is 2.55 bits per heavy atom. The number of hydroxylamine groups is 2. The number of carbonyl (C=O) groups is 2. The number of ketones is 1. The molecule has 2 aliphatic rings. The third-order valence-corrected chi connectivity index (χ3v) is 3.76. The van der Waals surface area contributed by atoms with Crippen molar-refractivity contribution in [1.29, 1.82) is 0 Å². The topological polar surface area (TPSA) is 87.1 Å². The van der Waals surface area contributed by atoms with Crippen LogP contribution in [0.4, 0.5) is 0 Å². The minimum absolute atomic E-state index is 0.00153. The number of hydrogen-bond donors (Lipinski definition) is 2. The van der Waals surface area contributed by atoms with Crippen molar-refractivity contribution in [2.24, 2.45) is 5.41 Å². The normalized spacial score (nSPS) is 35.7. The van der Waals surface area contributed by atoms with E-state index in [0.29, 0.717) is 12.0 Å². The van der Waals surface area contributed by atoms with Crippen molar-refractivity contribution in [3.05, 3.63) is 36.1 Å². The van der Waals surface area contributed by atoms with Crippen molar-refractivity contribution >= 4 is 11.7 Å². The van der Waals surface area contributed by atoms with Crippen LogP contribution in [0.1, 0.15) is 13.3 Å². The van der Waals surface area contributed by atoms with E-state index in [4.69, 9.17) is 4.84 Å². The molecule has 1 saturated heterocycles. The maximum atomic E-state index is 12.6. The smallest absolute Gasteiger partial charge is 0.267 e. The molecule has 1 aliphatic carbocycles. The van der Waals surface area contributed by atoms with Crippen LogP contribution in [-0.4, -0.2) is 46.3 Å². The second-order valence-corrected chi connectivity index (χ2v) is 4.75. The molecular formula is C14H17NO5. The van der Waals surface area contributed by atoms with E-state index >= 15 is 0 Å². The summed E-state index contributed by atoms with van der Waals surface area (Å²) >= 11 is 0. The summed E-state index contributed by atoms with van der Waals surface area (Å²) < 4.78 is 0. The molecule has 108 valence electrons. The average molecular weight is 279 g/mol. The molecule has 6 heteroatoms. The van der Waals surface area contributed by atoms with E-state index in [9.17, 15) is 19.8 Å². The zero-order chi connectivity index (χ0) is 15.1. The summed E-state index contributed by atoms with van der Waals surface area (Å²) in [4.78, 5) is 29.2. The Kier molecular flexibility index (Phi) is 3.64. The molecule has 0 bridgehead atoms. The number of hydrogen-bond acceptors (Lipinski definition) is 5. The van der Waals surface area contributed by atoms with Gasteiger partial charge < -0.3 is 10.2 Å². The number of carbonyl (C=O) groups excluding carboxylic acids is 2. The van der Waals surface area contributed by atoms with Gasteiger partial charge in [-0.2, -0.15) is 5.06 Å². The van der Waals surface area contributed by atoms with Gasteiger partial charge >= 0.3 is 0 Å². The zero-order valence-electron chi connectivity index (χ0n) is 11.4. The molecule has 0 saturated carbocycles. The Balaban J connectivity index is 2.68. The number of allylic oxidation sites excluding steroid dienone is 2. The van der Waals surface area contributed by atoms with Crippen LogP contribution < -0.4 is 0 Å². The molecule has 0 aromatic rings. The lowest BCUT2D eigenvalue weighted by Crippen LogP contribution is -2.54. The second kappa shape index (κ2) is 4.97. The molecule has 6 nitrogen and oxygen atoms in total. The van der Waals surface area contributed by atoms with Gasteiger partial charge in [0.1, 0.15) is 17.6 Å². The van der Waals surface area contributed by atoms with E-state index in [1.54, 1.807) is 6.08 Å². The van der Waals surface area contributed by atoms with Gasteiger partial charge in [0.25, 0.3) is 5.91 Å². The van der Waals surface area contributed by atoms with E-state index in [-0.39, 0.29) is 5.70 Å². The van der Waals surface area contributed by atoms with Gasteiger partial charge in [-0.1, -0.05) is 25.7 Å². The number of rotatable bonds is 2. The highest BCUT2D eigenvalue weighted by atomic mass is 16.7. The quantitative estimate of drug-likeness (QED) is 0.748. The van der Waals surface area contributed by atoms with Crippen molar-refractivity contribution in [2.75, 3.05) is 7.11 Å². The van der Waals surface area contributed by atoms with Crippen molar-refractivity contribution in [3.63, 3.8) is 0 Å². The molecule has 2 rings (SSSR count). The number of aliphatic hydroxyl groups is 2. The van der Waals surface area contributed by atoms with Crippen LogP contribution in [0, 0.1) is 5.41 Å². The summed E-state index contributed by atoms with van der Waals surface area (Å²) in [6.45, 7) is 5.45. The van der Waals surface area contributed by atoms with E-state index < -0.39 is 29.3 Å². The summed E-state index contributed by atoms with van der Waals surface area (Å²) in [5.41, 5.74) is -1.37. The molecule has 1 aliphatic heterocycles. The predicted octanol–water partition coefficient (Wildman–Crippen LogP) is 0.0872. The third-order valence-electron chi connectivity index (χ3n) is 3.76. The maximum Gasteiger partial charge on any atom is 0.267 e. The van der Waals surface area contributed by atoms with Crippen LogP contribution in [0.2, 0.25) is 0 Å². The van der Waals surface area contributed by atoms with Crippen molar-refractivity contribution in [1.82, 2.24) is 5.06 Å². The molecule has 1 heterocycles. The first kappa shape index (κ1) is 14.6. The fourth-order valence-electron chi connectivity index (χ4n) is 2.78. The molecule has 2 N–H and O–H groups in total. The van der Waals surface area contributed by atoms with Gasteiger partial charge in [-0.25, -0.2) is 0 Å². The van der Waals surface area contributed by atoms with Gasteiger partial charge in [0, 0.05) is 0 Å². The summed E-state index contributed by atoms with van der Waals surface area (Å²) in [7, 11) is 1.25. The van der Waals surface area contributed by atoms with Gasteiger partial charge in [-0.05, 0) is 18.1 Å². The second-order valence-electron chi connectivity index (χ2n) is 4.75. The zero-order valence-corrected chi connectivity index (χ0v) is 11.4. The van der Waals surface area contributed by atoms with Crippen LogP contribution in [-0.2, 0) is 14.4 Å². The van der Waals surface area contributed by atoms with Crippen molar-refractivity contribution in [3.8, 4) is 0 Å². The molecular weight excluding hydrogens is 262 g/mol. The Morgan fingerprint density at radius 2 is 2.05 bits per heavy atom. The van der Waals surface area contributed by atoms with Gasteiger partial charge in [-0.3, -0.25) is 14.4 Å². The molecule has 1 spiro atoms. The Bertz CT molecular complexity index is 536. The van der Waals surface area contributed by atoms with Gasteiger partial charge in [0.15, 0.2) is 5.78 Å².